The topological polar surface area (TPSA) is 85.1 Å². The van der Waals surface area contributed by atoms with Crippen LogP contribution in [0.1, 0.15) is 17.3 Å². The summed E-state index contributed by atoms with van der Waals surface area (Å²) in [6.45, 7) is 1.50. The molecule has 0 atom stereocenters. The number of aromatic nitrogens is 1. The van der Waals surface area contributed by atoms with Gasteiger partial charge in [0.2, 0.25) is 5.91 Å². The van der Waals surface area contributed by atoms with Crippen LogP contribution in [-0.2, 0) is 4.79 Å². The van der Waals surface area contributed by atoms with Gasteiger partial charge in [-0.3, -0.25) is 9.59 Å². The number of nitrogens with two attached hydrogens (primary N) is 1. The molecule has 1 heterocycles. The van der Waals surface area contributed by atoms with Crippen molar-refractivity contribution < 1.29 is 9.59 Å². The average Bonchev–Trinajstić information content (AvgIpc) is 2.83. The minimum atomic E-state index is -0.113. The first-order chi connectivity index (χ1) is 9.54. The van der Waals surface area contributed by atoms with Crippen LogP contribution in [0.4, 0.5) is 10.8 Å². The molecular formula is C13H13N3O2S2. The van der Waals surface area contributed by atoms with E-state index in [1.54, 1.807) is 30.5 Å². The Morgan fingerprint density at radius 1 is 1.35 bits per heavy atom. The average molecular weight is 307 g/mol. The van der Waals surface area contributed by atoms with Gasteiger partial charge in [0.25, 0.3) is 0 Å². The highest BCUT2D eigenvalue weighted by atomic mass is 32.2. The van der Waals surface area contributed by atoms with Crippen molar-refractivity contribution in [2.24, 2.45) is 0 Å². The van der Waals surface area contributed by atoms with Crippen LogP contribution in [-0.4, -0.2) is 22.4 Å². The fraction of sp³-hybridized carbons (Fsp3) is 0.154. The van der Waals surface area contributed by atoms with Crippen LogP contribution in [0.15, 0.2) is 34.7 Å². The van der Waals surface area contributed by atoms with Gasteiger partial charge < -0.3 is 11.1 Å². The monoisotopic (exact) mass is 307 g/mol. The second-order valence-electron chi connectivity index (χ2n) is 3.99. The predicted molar refractivity (Wildman–Crippen MR) is 82.3 cm³/mol. The molecular weight excluding hydrogens is 294 g/mol. The van der Waals surface area contributed by atoms with E-state index in [-0.39, 0.29) is 17.4 Å². The summed E-state index contributed by atoms with van der Waals surface area (Å²) in [5, 5.41) is 3.26. The van der Waals surface area contributed by atoms with Gasteiger partial charge in [-0.05, 0) is 31.2 Å². The summed E-state index contributed by atoms with van der Waals surface area (Å²) in [6, 6.07) is 6.80. The Balaban J connectivity index is 1.86. The molecule has 1 aromatic carbocycles. The smallest absolute Gasteiger partial charge is 0.234 e. The van der Waals surface area contributed by atoms with Gasteiger partial charge in [-0.25, -0.2) is 4.98 Å². The normalized spacial score (nSPS) is 10.2. The molecule has 3 N–H and O–H groups in total. The van der Waals surface area contributed by atoms with Crippen molar-refractivity contribution in [1.29, 1.82) is 0 Å². The number of Topliss-reactive ketones (excluding diaryl/α,β-unsaturated/α-hetero) is 1. The van der Waals surface area contributed by atoms with Gasteiger partial charge >= 0.3 is 0 Å². The number of thiazole rings is 1. The van der Waals surface area contributed by atoms with E-state index in [4.69, 9.17) is 5.73 Å². The van der Waals surface area contributed by atoms with Crippen molar-refractivity contribution in [1.82, 2.24) is 4.98 Å². The van der Waals surface area contributed by atoms with E-state index in [0.717, 1.165) is 4.21 Å². The molecule has 0 aliphatic heterocycles. The molecule has 104 valence electrons. The first-order valence-corrected chi connectivity index (χ1v) is 7.60. The van der Waals surface area contributed by atoms with Gasteiger partial charge in [0.1, 0.15) is 0 Å². The highest BCUT2D eigenvalue weighted by Gasteiger charge is 2.06. The Labute approximate surface area is 124 Å². The van der Waals surface area contributed by atoms with Crippen molar-refractivity contribution >= 4 is 45.6 Å². The standard InChI is InChI=1S/C13H13N3O2S2/c1-8(17)9-2-4-10(5-3-9)16-11(18)7-19-12-6-15-13(14)20-12/h2-6H,7H2,1H3,(H2,14,15)(H,16,18). The molecule has 0 bridgehead atoms. The Morgan fingerprint density at radius 3 is 2.60 bits per heavy atom. The van der Waals surface area contributed by atoms with Crippen molar-refractivity contribution in [3.8, 4) is 0 Å². The van der Waals surface area contributed by atoms with E-state index in [0.29, 0.717) is 16.4 Å². The van der Waals surface area contributed by atoms with Crippen LogP contribution in [0.2, 0.25) is 0 Å². The SMILES string of the molecule is CC(=O)c1ccc(NC(=O)CSc2cnc(N)s2)cc1. The number of carbonyl (C=O) groups is 2. The number of anilines is 2. The molecule has 0 saturated carbocycles. The Hall–Kier alpha value is -1.86. The number of amides is 1. The summed E-state index contributed by atoms with van der Waals surface area (Å²) >= 11 is 2.74. The van der Waals surface area contributed by atoms with Crippen molar-refractivity contribution in [2.45, 2.75) is 11.1 Å². The van der Waals surface area contributed by atoms with Crippen LogP contribution < -0.4 is 11.1 Å². The van der Waals surface area contributed by atoms with Crippen LogP contribution in [0.3, 0.4) is 0 Å². The molecule has 7 heteroatoms. The number of hydrogen-bond acceptors (Lipinski definition) is 6. The molecule has 2 rings (SSSR count). The number of ketones is 1. The van der Waals surface area contributed by atoms with Crippen LogP contribution in [0, 0.1) is 0 Å². The zero-order valence-electron chi connectivity index (χ0n) is 10.8. The molecule has 0 aliphatic rings. The summed E-state index contributed by atoms with van der Waals surface area (Å²) in [7, 11) is 0. The van der Waals surface area contributed by atoms with Crippen molar-refractivity contribution in [3.63, 3.8) is 0 Å². The lowest BCUT2D eigenvalue weighted by Gasteiger charge is -2.04. The number of carbonyl (C=O) groups excluding carboxylic acids is 2. The molecule has 20 heavy (non-hydrogen) atoms. The van der Waals surface area contributed by atoms with Crippen molar-refractivity contribution in [3.05, 3.63) is 36.0 Å². The highest BCUT2D eigenvalue weighted by molar-refractivity contribution is 8.01. The zero-order chi connectivity index (χ0) is 14.5. The summed E-state index contributed by atoms with van der Waals surface area (Å²) in [6.07, 6.45) is 1.65. The van der Waals surface area contributed by atoms with Crippen LogP contribution >= 0.6 is 23.1 Å². The molecule has 0 aliphatic carbocycles. The summed E-state index contributed by atoms with van der Waals surface area (Å²) in [5.74, 6) is 0.176. The van der Waals surface area contributed by atoms with E-state index in [2.05, 4.69) is 10.3 Å². The lowest BCUT2D eigenvalue weighted by atomic mass is 10.1. The Morgan fingerprint density at radius 2 is 2.05 bits per heavy atom. The van der Waals surface area contributed by atoms with Crippen LogP contribution in [0.25, 0.3) is 0 Å². The molecule has 0 spiro atoms. The fourth-order valence-electron chi connectivity index (χ4n) is 1.46. The zero-order valence-corrected chi connectivity index (χ0v) is 12.4. The number of nitrogens with zero attached hydrogens (tertiary/aromatic N) is 1. The number of hydrogen-bond donors (Lipinski definition) is 2. The minimum absolute atomic E-state index is 0.00113. The van der Waals surface area contributed by atoms with Gasteiger partial charge in [0, 0.05) is 11.3 Å². The second kappa shape index (κ2) is 6.53. The molecule has 0 fully saturated rings. The molecule has 2 aromatic rings. The minimum Gasteiger partial charge on any atom is -0.375 e. The molecule has 0 radical (unpaired) electrons. The first-order valence-electron chi connectivity index (χ1n) is 5.79. The molecule has 0 saturated heterocycles. The maximum atomic E-state index is 11.8. The van der Waals surface area contributed by atoms with E-state index < -0.39 is 0 Å². The van der Waals surface area contributed by atoms with Gasteiger partial charge in [-0.1, -0.05) is 11.3 Å². The molecule has 1 aromatic heterocycles. The van der Waals surface area contributed by atoms with E-state index in [9.17, 15) is 9.59 Å². The number of nitrogen functional groups attached to an aromatic ring is 1. The summed E-state index contributed by atoms with van der Waals surface area (Å²) in [4.78, 5) is 26.8. The maximum absolute atomic E-state index is 11.8. The second-order valence-corrected chi connectivity index (χ2v) is 6.33. The molecule has 0 unspecified atom stereocenters. The Kier molecular flexibility index (Phi) is 4.75. The lowest BCUT2D eigenvalue weighted by Crippen LogP contribution is -2.13. The lowest BCUT2D eigenvalue weighted by molar-refractivity contribution is -0.113. The van der Waals surface area contributed by atoms with Crippen molar-refractivity contribution in [2.75, 3.05) is 16.8 Å². The Bertz CT molecular complexity index is 623. The van der Waals surface area contributed by atoms with Crippen LogP contribution in [0.5, 0.6) is 0 Å². The first kappa shape index (κ1) is 14.5. The highest BCUT2D eigenvalue weighted by Crippen LogP contribution is 2.26. The quantitative estimate of drug-likeness (QED) is 0.655. The third-order valence-corrected chi connectivity index (χ3v) is 4.44. The molecule has 5 nitrogen and oxygen atoms in total. The van der Waals surface area contributed by atoms with Gasteiger partial charge in [0.15, 0.2) is 10.9 Å². The largest absolute Gasteiger partial charge is 0.375 e. The van der Waals surface area contributed by atoms with E-state index >= 15 is 0 Å². The number of thioether (sulfide) groups is 1. The third-order valence-electron chi connectivity index (χ3n) is 2.42. The number of benzene rings is 1. The third kappa shape index (κ3) is 4.07. The summed E-state index contributed by atoms with van der Waals surface area (Å²) < 4.78 is 0.907. The summed E-state index contributed by atoms with van der Waals surface area (Å²) in [5.41, 5.74) is 6.81. The van der Waals surface area contributed by atoms with E-state index in [1.807, 2.05) is 0 Å². The predicted octanol–water partition coefficient (Wildman–Crippen LogP) is 2.66. The van der Waals surface area contributed by atoms with E-state index in [1.165, 1.54) is 30.0 Å². The molecule has 1 amide bonds. The number of nitrogens with one attached hydrogen (secondary N) is 1. The fourth-order valence-corrected chi connectivity index (χ4v) is 3.02. The van der Waals surface area contributed by atoms with Gasteiger partial charge in [-0.15, -0.1) is 11.8 Å². The van der Waals surface area contributed by atoms with Gasteiger partial charge in [-0.2, -0.15) is 0 Å². The van der Waals surface area contributed by atoms with Gasteiger partial charge in [0.05, 0.1) is 16.2 Å². The maximum Gasteiger partial charge on any atom is 0.234 e. The number of rotatable bonds is 5.